The number of hydrogen-bond donors (Lipinski definition) is 1. The quantitative estimate of drug-likeness (QED) is 0.909. The van der Waals surface area contributed by atoms with Crippen molar-refractivity contribution in [1.82, 2.24) is 10.2 Å². The summed E-state index contributed by atoms with van der Waals surface area (Å²) >= 11 is 3.67. The molecular weight excluding hydrogens is 300 g/mol. The van der Waals surface area contributed by atoms with E-state index >= 15 is 0 Å². The number of piperazine rings is 1. The Labute approximate surface area is 125 Å². The average Bonchev–Trinajstić information content (AvgIpc) is 2.37. The summed E-state index contributed by atoms with van der Waals surface area (Å²) in [5, 5.41) is 3.68. The van der Waals surface area contributed by atoms with E-state index in [0.717, 1.165) is 19.6 Å². The number of halogens is 1. The Morgan fingerprint density at radius 3 is 2.58 bits per heavy atom. The summed E-state index contributed by atoms with van der Waals surface area (Å²) in [4.78, 5) is 2.63. The van der Waals surface area contributed by atoms with Crippen molar-refractivity contribution in [2.45, 2.75) is 51.7 Å². The summed E-state index contributed by atoms with van der Waals surface area (Å²) in [6.07, 6.45) is 1.17. The van der Waals surface area contributed by atoms with Crippen molar-refractivity contribution >= 4 is 15.9 Å². The highest BCUT2D eigenvalue weighted by Gasteiger charge is 2.39. The predicted octanol–water partition coefficient (Wildman–Crippen LogP) is 3.80. The molecule has 1 atom stereocenters. The second-order valence-electron chi connectivity index (χ2n) is 6.54. The fourth-order valence-corrected chi connectivity index (χ4v) is 3.10. The van der Waals surface area contributed by atoms with E-state index in [2.05, 4.69) is 78.1 Å². The van der Waals surface area contributed by atoms with Crippen molar-refractivity contribution in [2.75, 3.05) is 13.1 Å². The molecule has 1 heterocycles. The lowest BCUT2D eigenvalue weighted by Crippen LogP contribution is -2.66. The molecule has 1 unspecified atom stereocenters. The smallest absolute Gasteiger partial charge is 0.0307 e. The minimum Gasteiger partial charge on any atom is -0.309 e. The van der Waals surface area contributed by atoms with Crippen LogP contribution in [0.4, 0.5) is 0 Å². The van der Waals surface area contributed by atoms with Crippen LogP contribution in [0.5, 0.6) is 0 Å². The molecule has 0 radical (unpaired) electrons. The van der Waals surface area contributed by atoms with Crippen LogP contribution in [0.25, 0.3) is 0 Å². The van der Waals surface area contributed by atoms with E-state index in [1.54, 1.807) is 0 Å². The molecule has 1 aromatic carbocycles. The van der Waals surface area contributed by atoms with Gasteiger partial charge in [-0.05, 0) is 38.8 Å². The molecule has 1 N–H and O–H groups in total. The van der Waals surface area contributed by atoms with Crippen LogP contribution in [0.15, 0.2) is 28.7 Å². The fourth-order valence-electron chi connectivity index (χ4n) is 2.69. The zero-order valence-corrected chi connectivity index (χ0v) is 14.0. The Morgan fingerprint density at radius 2 is 1.95 bits per heavy atom. The molecule has 0 saturated carbocycles. The molecule has 2 rings (SSSR count). The van der Waals surface area contributed by atoms with Gasteiger partial charge in [-0.3, -0.25) is 4.90 Å². The highest BCUT2D eigenvalue weighted by Crippen LogP contribution is 2.29. The maximum atomic E-state index is 3.68. The molecule has 0 spiro atoms. The third-order valence-corrected chi connectivity index (χ3v) is 5.15. The lowest BCUT2D eigenvalue weighted by atomic mass is 9.87. The highest BCUT2D eigenvalue weighted by atomic mass is 79.9. The Hall–Kier alpha value is -0.380. The molecule has 0 amide bonds. The molecule has 106 valence electrons. The number of rotatable bonds is 3. The number of hydrogen-bond acceptors (Lipinski definition) is 2. The molecule has 0 aromatic heterocycles. The van der Waals surface area contributed by atoms with E-state index in [-0.39, 0.29) is 11.1 Å². The van der Waals surface area contributed by atoms with Crippen LogP contribution < -0.4 is 5.32 Å². The van der Waals surface area contributed by atoms with Crippen LogP contribution in [0, 0.1) is 0 Å². The first-order valence-corrected chi connectivity index (χ1v) is 7.89. The molecule has 0 aliphatic carbocycles. The van der Waals surface area contributed by atoms with Gasteiger partial charge >= 0.3 is 0 Å². The van der Waals surface area contributed by atoms with E-state index in [4.69, 9.17) is 0 Å². The van der Waals surface area contributed by atoms with E-state index in [9.17, 15) is 0 Å². The molecule has 0 bridgehead atoms. The Kier molecular flexibility index (Phi) is 4.38. The average molecular weight is 325 g/mol. The van der Waals surface area contributed by atoms with Crippen molar-refractivity contribution in [3.05, 3.63) is 34.3 Å². The molecule has 1 aliphatic heterocycles. The summed E-state index contributed by atoms with van der Waals surface area (Å²) in [6.45, 7) is 12.4. The molecule has 1 aromatic rings. The van der Waals surface area contributed by atoms with E-state index < -0.39 is 0 Å². The second-order valence-corrected chi connectivity index (χ2v) is 7.39. The third kappa shape index (κ3) is 3.39. The van der Waals surface area contributed by atoms with Crippen LogP contribution in [0.2, 0.25) is 0 Å². The maximum Gasteiger partial charge on any atom is 0.0307 e. The molecule has 3 heteroatoms. The normalized spacial score (nSPS) is 27.4. The van der Waals surface area contributed by atoms with Crippen molar-refractivity contribution in [3.63, 3.8) is 0 Å². The first kappa shape index (κ1) is 15.0. The standard InChI is InChI=1S/C16H25BrN2/c1-5-16(4)11-18-15(2,3)12-19(16)10-13-8-6-7-9-14(13)17/h6-9,18H,5,10-12H2,1-4H3. The first-order chi connectivity index (χ1) is 8.86. The summed E-state index contributed by atoms with van der Waals surface area (Å²) < 4.78 is 1.21. The van der Waals surface area contributed by atoms with Crippen molar-refractivity contribution < 1.29 is 0 Å². The Bertz CT molecular complexity index is 444. The molecule has 1 saturated heterocycles. The highest BCUT2D eigenvalue weighted by molar-refractivity contribution is 9.10. The van der Waals surface area contributed by atoms with Crippen LogP contribution in [0.3, 0.4) is 0 Å². The van der Waals surface area contributed by atoms with Gasteiger partial charge in [-0.15, -0.1) is 0 Å². The maximum absolute atomic E-state index is 3.68. The van der Waals surface area contributed by atoms with Gasteiger partial charge in [0, 0.05) is 35.2 Å². The van der Waals surface area contributed by atoms with Crippen LogP contribution in [0.1, 0.15) is 39.7 Å². The number of benzene rings is 1. The van der Waals surface area contributed by atoms with Gasteiger partial charge in [-0.1, -0.05) is 41.1 Å². The van der Waals surface area contributed by atoms with E-state index in [1.165, 1.54) is 16.5 Å². The van der Waals surface area contributed by atoms with Crippen molar-refractivity contribution in [1.29, 1.82) is 0 Å². The lowest BCUT2D eigenvalue weighted by Gasteiger charge is -2.51. The van der Waals surface area contributed by atoms with Gasteiger partial charge in [0.25, 0.3) is 0 Å². The molecule has 2 nitrogen and oxygen atoms in total. The summed E-state index contributed by atoms with van der Waals surface area (Å²) in [7, 11) is 0. The lowest BCUT2D eigenvalue weighted by molar-refractivity contribution is 0.0174. The topological polar surface area (TPSA) is 15.3 Å². The largest absolute Gasteiger partial charge is 0.309 e. The van der Waals surface area contributed by atoms with Crippen molar-refractivity contribution in [2.24, 2.45) is 0 Å². The van der Waals surface area contributed by atoms with Crippen LogP contribution in [-0.2, 0) is 6.54 Å². The van der Waals surface area contributed by atoms with Gasteiger partial charge in [0.05, 0.1) is 0 Å². The number of nitrogens with zero attached hydrogens (tertiary/aromatic N) is 1. The zero-order chi connectivity index (χ0) is 14.1. The van der Waals surface area contributed by atoms with Gasteiger partial charge in [-0.2, -0.15) is 0 Å². The minimum absolute atomic E-state index is 0.190. The van der Waals surface area contributed by atoms with Gasteiger partial charge in [-0.25, -0.2) is 0 Å². The molecule has 1 aliphatic rings. The minimum atomic E-state index is 0.190. The Morgan fingerprint density at radius 1 is 1.26 bits per heavy atom. The SMILES string of the molecule is CCC1(C)CNC(C)(C)CN1Cc1ccccc1Br. The zero-order valence-electron chi connectivity index (χ0n) is 12.5. The van der Waals surface area contributed by atoms with Gasteiger partial charge < -0.3 is 5.32 Å². The predicted molar refractivity (Wildman–Crippen MR) is 85.3 cm³/mol. The van der Waals surface area contributed by atoms with Crippen molar-refractivity contribution in [3.8, 4) is 0 Å². The second kappa shape index (κ2) is 5.55. The van der Waals surface area contributed by atoms with E-state index in [1.807, 2.05) is 0 Å². The summed E-state index contributed by atoms with van der Waals surface area (Å²) in [5.74, 6) is 0. The third-order valence-electron chi connectivity index (χ3n) is 4.38. The monoisotopic (exact) mass is 324 g/mol. The van der Waals surface area contributed by atoms with Crippen LogP contribution in [-0.4, -0.2) is 29.1 Å². The molecule has 1 fully saturated rings. The summed E-state index contributed by atoms with van der Waals surface area (Å²) in [6, 6.07) is 8.55. The first-order valence-electron chi connectivity index (χ1n) is 7.10. The van der Waals surface area contributed by atoms with E-state index in [0.29, 0.717) is 0 Å². The number of nitrogens with one attached hydrogen (secondary N) is 1. The molecule has 19 heavy (non-hydrogen) atoms. The van der Waals surface area contributed by atoms with Gasteiger partial charge in [0.1, 0.15) is 0 Å². The van der Waals surface area contributed by atoms with Crippen LogP contribution >= 0.6 is 15.9 Å². The summed E-state index contributed by atoms with van der Waals surface area (Å²) in [5.41, 5.74) is 1.81. The fraction of sp³-hybridized carbons (Fsp3) is 0.625. The Balaban J connectivity index is 2.22. The van der Waals surface area contributed by atoms with Gasteiger partial charge in [0.15, 0.2) is 0 Å². The van der Waals surface area contributed by atoms with Gasteiger partial charge in [0.2, 0.25) is 0 Å². The molecular formula is C16H25BrN2.